The van der Waals surface area contributed by atoms with E-state index in [1.165, 1.54) is 11.1 Å². The van der Waals surface area contributed by atoms with Gasteiger partial charge in [-0.3, -0.25) is 5.43 Å². The van der Waals surface area contributed by atoms with E-state index in [-0.39, 0.29) is 11.4 Å². The predicted molar refractivity (Wildman–Crippen MR) is 109 cm³/mol. The Morgan fingerprint density at radius 1 is 1.15 bits per heavy atom. The van der Waals surface area contributed by atoms with Crippen molar-refractivity contribution < 1.29 is 9.84 Å². The van der Waals surface area contributed by atoms with Crippen LogP contribution in [0.15, 0.2) is 41.5 Å². The lowest BCUT2D eigenvalue weighted by molar-refractivity contribution is 0.111. The van der Waals surface area contributed by atoms with E-state index in [4.69, 9.17) is 17.0 Å². The molecule has 0 fully saturated rings. The SMILES string of the molecule is Cc1ccc(NC(=S)N/N=C2/CC(C)(C)Oc3ccc(O)cc32)cc1C. The predicted octanol–water partition coefficient (Wildman–Crippen LogP) is 4.26. The van der Waals surface area contributed by atoms with Gasteiger partial charge in [0.2, 0.25) is 0 Å². The van der Waals surface area contributed by atoms with Crippen LogP contribution in [0.3, 0.4) is 0 Å². The van der Waals surface area contributed by atoms with Crippen molar-refractivity contribution in [2.45, 2.75) is 39.7 Å². The third-order valence-electron chi connectivity index (χ3n) is 4.31. The van der Waals surface area contributed by atoms with Gasteiger partial charge in [0.25, 0.3) is 0 Å². The van der Waals surface area contributed by atoms with Gasteiger partial charge < -0.3 is 15.2 Å². The molecule has 26 heavy (non-hydrogen) atoms. The second kappa shape index (κ2) is 6.96. The van der Waals surface area contributed by atoms with Gasteiger partial charge in [-0.15, -0.1) is 0 Å². The van der Waals surface area contributed by atoms with Crippen molar-refractivity contribution in [3.63, 3.8) is 0 Å². The van der Waals surface area contributed by atoms with Crippen molar-refractivity contribution in [3.05, 3.63) is 53.1 Å². The first kappa shape index (κ1) is 18.2. The van der Waals surface area contributed by atoms with Crippen LogP contribution in [0, 0.1) is 13.8 Å². The number of anilines is 1. The molecule has 3 N–H and O–H groups in total. The van der Waals surface area contributed by atoms with Crippen molar-refractivity contribution >= 4 is 28.7 Å². The zero-order valence-corrected chi connectivity index (χ0v) is 16.2. The lowest BCUT2D eigenvalue weighted by Gasteiger charge is -2.33. The molecule has 0 saturated carbocycles. The van der Waals surface area contributed by atoms with Crippen LogP contribution >= 0.6 is 12.2 Å². The number of ether oxygens (including phenoxy) is 1. The lowest BCUT2D eigenvalue weighted by Crippen LogP contribution is -2.37. The highest BCUT2D eigenvalue weighted by Crippen LogP contribution is 2.35. The molecular formula is C20H23N3O2S. The van der Waals surface area contributed by atoms with Crippen molar-refractivity contribution in [2.75, 3.05) is 5.32 Å². The van der Waals surface area contributed by atoms with E-state index in [1.54, 1.807) is 18.2 Å². The van der Waals surface area contributed by atoms with Crippen LogP contribution in [0.2, 0.25) is 0 Å². The fourth-order valence-corrected chi connectivity index (χ4v) is 3.02. The third-order valence-corrected chi connectivity index (χ3v) is 4.50. The Labute approximate surface area is 159 Å². The first-order valence-electron chi connectivity index (χ1n) is 8.47. The number of thiocarbonyl (C=S) groups is 1. The van der Waals surface area contributed by atoms with Gasteiger partial charge >= 0.3 is 0 Å². The van der Waals surface area contributed by atoms with Crippen molar-refractivity contribution in [1.82, 2.24) is 5.43 Å². The number of hydrazone groups is 1. The summed E-state index contributed by atoms with van der Waals surface area (Å²) in [5, 5.41) is 17.8. The Kier molecular flexibility index (Phi) is 4.87. The van der Waals surface area contributed by atoms with Crippen LogP contribution < -0.4 is 15.5 Å². The third kappa shape index (κ3) is 4.14. The Balaban J connectivity index is 1.78. The lowest BCUT2D eigenvalue weighted by atomic mass is 9.92. The maximum absolute atomic E-state index is 9.79. The van der Waals surface area contributed by atoms with Gasteiger partial charge in [0.05, 0.1) is 5.71 Å². The van der Waals surface area contributed by atoms with Gasteiger partial charge in [0, 0.05) is 17.7 Å². The highest BCUT2D eigenvalue weighted by Gasteiger charge is 2.31. The van der Waals surface area contributed by atoms with Crippen LogP contribution in [0.5, 0.6) is 11.5 Å². The van der Waals surface area contributed by atoms with Gasteiger partial charge in [-0.05, 0) is 81.4 Å². The van der Waals surface area contributed by atoms with Crippen LogP contribution in [-0.4, -0.2) is 21.5 Å². The number of hydrogen-bond acceptors (Lipinski definition) is 4. The van der Waals surface area contributed by atoms with Gasteiger partial charge in [-0.2, -0.15) is 5.10 Å². The zero-order chi connectivity index (χ0) is 18.9. The van der Waals surface area contributed by atoms with E-state index in [2.05, 4.69) is 29.7 Å². The van der Waals surface area contributed by atoms with Crippen LogP contribution in [0.4, 0.5) is 5.69 Å². The smallest absolute Gasteiger partial charge is 0.191 e. The van der Waals surface area contributed by atoms with E-state index in [0.29, 0.717) is 17.3 Å². The molecule has 5 nitrogen and oxygen atoms in total. The quantitative estimate of drug-likeness (QED) is 0.545. The summed E-state index contributed by atoms with van der Waals surface area (Å²) in [6.07, 6.45) is 0.600. The molecule has 2 aromatic carbocycles. The number of rotatable bonds is 2. The summed E-state index contributed by atoms with van der Waals surface area (Å²) < 4.78 is 5.96. The highest BCUT2D eigenvalue weighted by atomic mass is 32.1. The number of fused-ring (bicyclic) bond motifs is 1. The fraction of sp³-hybridized carbons (Fsp3) is 0.300. The largest absolute Gasteiger partial charge is 0.508 e. The van der Waals surface area contributed by atoms with E-state index in [0.717, 1.165) is 17.0 Å². The highest BCUT2D eigenvalue weighted by molar-refractivity contribution is 7.80. The van der Waals surface area contributed by atoms with Crippen molar-refractivity contribution in [2.24, 2.45) is 5.10 Å². The molecule has 0 saturated heterocycles. The Morgan fingerprint density at radius 2 is 1.92 bits per heavy atom. The molecule has 0 aromatic heterocycles. The Bertz CT molecular complexity index is 891. The van der Waals surface area contributed by atoms with Gasteiger partial charge in [0.1, 0.15) is 17.1 Å². The molecule has 1 aliphatic rings. The molecule has 0 spiro atoms. The number of aromatic hydroxyl groups is 1. The molecule has 0 bridgehead atoms. The summed E-state index contributed by atoms with van der Waals surface area (Å²) in [6, 6.07) is 11.1. The topological polar surface area (TPSA) is 65.9 Å². The molecule has 2 aromatic rings. The molecule has 0 atom stereocenters. The fourth-order valence-electron chi connectivity index (χ4n) is 2.86. The molecule has 0 radical (unpaired) electrons. The van der Waals surface area contributed by atoms with Crippen LogP contribution in [0.1, 0.15) is 37.0 Å². The van der Waals surface area contributed by atoms with E-state index < -0.39 is 0 Å². The normalized spacial score (nSPS) is 16.5. The first-order valence-corrected chi connectivity index (χ1v) is 8.87. The second-order valence-corrected chi connectivity index (χ2v) is 7.55. The van der Waals surface area contributed by atoms with E-state index in [9.17, 15) is 5.11 Å². The van der Waals surface area contributed by atoms with E-state index >= 15 is 0 Å². The zero-order valence-electron chi connectivity index (χ0n) is 15.4. The summed E-state index contributed by atoms with van der Waals surface area (Å²) in [5.74, 6) is 0.878. The molecule has 3 rings (SSSR count). The average molecular weight is 369 g/mol. The first-order chi connectivity index (χ1) is 12.2. The Hall–Kier alpha value is -2.60. The average Bonchev–Trinajstić information content (AvgIpc) is 2.56. The number of aryl methyl sites for hydroxylation is 2. The second-order valence-electron chi connectivity index (χ2n) is 7.14. The summed E-state index contributed by atoms with van der Waals surface area (Å²) in [4.78, 5) is 0. The molecule has 1 aliphatic heterocycles. The van der Waals surface area contributed by atoms with Gasteiger partial charge in [-0.25, -0.2) is 0 Å². The van der Waals surface area contributed by atoms with Crippen LogP contribution in [0.25, 0.3) is 0 Å². The maximum atomic E-state index is 9.79. The number of phenols is 1. The summed E-state index contributed by atoms with van der Waals surface area (Å²) in [6.45, 7) is 8.14. The summed E-state index contributed by atoms with van der Waals surface area (Å²) in [5.41, 5.74) is 7.42. The number of benzene rings is 2. The summed E-state index contributed by atoms with van der Waals surface area (Å²) in [7, 11) is 0. The van der Waals surface area contributed by atoms with Gasteiger partial charge in [0.15, 0.2) is 5.11 Å². The number of nitrogens with one attached hydrogen (secondary N) is 2. The van der Waals surface area contributed by atoms with E-state index in [1.807, 2.05) is 32.0 Å². The minimum Gasteiger partial charge on any atom is -0.508 e. The minimum atomic E-state index is -0.381. The molecule has 0 aliphatic carbocycles. The minimum absolute atomic E-state index is 0.176. The molecule has 0 amide bonds. The maximum Gasteiger partial charge on any atom is 0.191 e. The molecule has 6 heteroatoms. The molecular weight excluding hydrogens is 346 g/mol. The molecule has 136 valence electrons. The number of nitrogens with zero attached hydrogens (tertiary/aromatic N) is 1. The number of hydrogen-bond donors (Lipinski definition) is 3. The molecule has 0 unspecified atom stereocenters. The standard InChI is InChI=1S/C20H23N3O2S/c1-12-5-6-14(9-13(12)2)21-19(26)23-22-17-11-20(3,4)25-18-8-7-15(24)10-16(17)18/h5-10,24H,11H2,1-4H3,(H2,21,23,26)/b22-17-. The van der Waals surface area contributed by atoms with Crippen LogP contribution in [-0.2, 0) is 0 Å². The Morgan fingerprint density at radius 3 is 2.65 bits per heavy atom. The van der Waals surface area contributed by atoms with Crippen molar-refractivity contribution in [1.29, 1.82) is 0 Å². The number of phenolic OH excluding ortho intramolecular Hbond substituents is 1. The molecule has 1 heterocycles. The van der Waals surface area contributed by atoms with Gasteiger partial charge in [-0.1, -0.05) is 6.07 Å². The monoisotopic (exact) mass is 369 g/mol. The summed E-state index contributed by atoms with van der Waals surface area (Å²) >= 11 is 5.35. The van der Waals surface area contributed by atoms with Crippen molar-refractivity contribution in [3.8, 4) is 11.5 Å².